The molecular weight excluding hydrogens is 901 g/mol. The van der Waals surface area contributed by atoms with Crippen LogP contribution in [-0.4, -0.2) is 9.13 Å². The van der Waals surface area contributed by atoms with Gasteiger partial charge in [-0.05, 0) is 135 Å². The standard InChI is InChI=1S/C70H42N2O2/c1-3-4-22-58-40(2)45-17-9-12-23-59(45)70(58)60-38-62-54(50-30-26-41-15-5-7-18-46(41)68(50)71(62)43-28-32-66-56(34-43)48-20-10-13-24-64(48)73-66)36-52(60)53-37-55-51-31-27-42-16-6-8-19-47(42)69(51)72(63(55)39-61(53)70)44-29-33-67-57(35-44)49-21-11-14-25-65(49)74-67/h3-39H,2H2,1H3/b4-3-,58-22+. The molecule has 17 rings (SSSR count). The summed E-state index contributed by atoms with van der Waals surface area (Å²) >= 11 is 0. The smallest absolute Gasteiger partial charge is 0.135 e. The third-order valence-electron chi connectivity index (χ3n) is 16.8. The van der Waals surface area contributed by atoms with Crippen LogP contribution in [0, 0.1) is 0 Å². The Kier molecular flexibility index (Phi) is 7.72. The highest BCUT2D eigenvalue weighted by atomic mass is 16.3. The van der Waals surface area contributed by atoms with E-state index in [0.717, 1.165) is 71.9 Å². The zero-order valence-electron chi connectivity index (χ0n) is 40.3. The minimum atomic E-state index is -0.706. The third-order valence-corrected chi connectivity index (χ3v) is 16.8. The summed E-state index contributed by atoms with van der Waals surface area (Å²) in [7, 11) is 0. The summed E-state index contributed by atoms with van der Waals surface area (Å²) in [4.78, 5) is 0. The summed E-state index contributed by atoms with van der Waals surface area (Å²) in [5, 5.41) is 14.1. The molecule has 0 N–H and O–H groups in total. The van der Waals surface area contributed by atoms with Crippen LogP contribution in [0.1, 0.15) is 29.2 Å². The molecule has 0 fully saturated rings. The molecular formula is C70H42N2O2. The van der Waals surface area contributed by atoms with Gasteiger partial charge in [-0.25, -0.2) is 0 Å². The summed E-state index contributed by atoms with van der Waals surface area (Å²) in [6.07, 6.45) is 6.67. The molecule has 344 valence electrons. The van der Waals surface area contributed by atoms with E-state index in [1.165, 1.54) is 93.1 Å². The van der Waals surface area contributed by atoms with Crippen LogP contribution in [0.15, 0.2) is 245 Å². The zero-order chi connectivity index (χ0) is 48.6. The maximum absolute atomic E-state index is 6.42. The van der Waals surface area contributed by atoms with Crippen molar-refractivity contribution in [2.45, 2.75) is 12.3 Å². The molecule has 11 aromatic carbocycles. The number of furan rings is 2. The summed E-state index contributed by atoms with van der Waals surface area (Å²) < 4.78 is 17.9. The predicted molar refractivity (Wildman–Crippen MR) is 308 cm³/mol. The van der Waals surface area contributed by atoms with E-state index in [4.69, 9.17) is 15.4 Å². The molecule has 4 heterocycles. The molecule has 0 atom stereocenters. The molecule has 0 saturated carbocycles. The second-order valence-corrected chi connectivity index (χ2v) is 20.3. The Morgan fingerprint density at radius 3 is 1.41 bits per heavy atom. The Balaban J connectivity index is 1.04. The Bertz CT molecular complexity index is 4840. The molecule has 15 aromatic rings. The third kappa shape index (κ3) is 4.97. The molecule has 1 spiro atoms. The summed E-state index contributed by atoms with van der Waals surface area (Å²) in [5.74, 6) is 0. The van der Waals surface area contributed by atoms with E-state index < -0.39 is 5.41 Å². The van der Waals surface area contributed by atoms with Gasteiger partial charge >= 0.3 is 0 Å². The first-order chi connectivity index (χ1) is 36.6. The maximum atomic E-state index is 6.42. The molecule has 2 aliphatic carbocycles. The first-order valence-corrected chi connectivity index (χ1v) is 25.5. The molecule has 0 aliphatic heterocycles. The monoisotopic (exact) mass is 942 g/mol. The van der Waals surface area contributed by atoms with Crippen molar-refractivity contribution in [1.29, 1.82) is 0 Å². The predicted octanol–water partition coefficient (Wildman–Crippen LogP) is 18.8. The highest BCUT2D eigenvalue weighted by molar-refractivity contribution is 6.23. The number of hydrogen-bond donors (Lipinski definition) is 0. The van der Waals surface area contributed by atoms with E-state index in [1.54, 1.807) is 0 Å². The van der Waals surface area contributed by atoms with Crippen molar-refractivity contribution in [3.05, 3.63) is 259 Å². The van der Waals surface area contributed by atoms with Crippen LogP contribution in [-0.2, 0) is 5.41 Å². The largest absolute Gasteiger partial charge is 0.456 e. The molecule has 74 heavy (non-hydrogen) atoms. The Morgan fingerprint density at radius 2 is 0.865 bits per heavy atom. The molecule has 4 aromatic heterocycles. The van der Waals surface area contributed by atoms with Crippen molar-refractivity contribution < 1.29 is 8.83 Å². The highest BCUT2D eigenvalue weighted by Gasteiger charge is 2.53. The van der Waals surface area contributed by atoms with E-state index in [2.05, 4.69) is 228 Å². The van der Waals surface area contributed by atoms with E-state index in [9.17, 15) is 0 Å². The Labute approximate surface area is 424 Å². The average molecular weight is 943 g/mol. The van der Waals surface area contributed by atoms with Crippen molar-refractivity contribution in [3.63, 3.8) is 0 Å². The number of allylic oxidation sites excluding steroid dienone is 5. The van der Waals surface area contributed by atoms with Crippen molar-refractivity contribution in [3.8, 4) is 22.5 Å². The highest BCUT2D eigenvalue weighted by Crippen LogP contribution is 2.65. The zero-order valence-corrected chi connectivity index (χ0v) is 40.3. The van der Waals surface area contributed by atoms with Gasteiger partial charge in [-0.1, -0.05) is 158 Å². The number of nitrogens with zero attached hydrogens (tertiary/aromatic N) is 2. The first-order valence-electron chi connectivity index (χ1n) is 25.5. The van der Waals surface area contributed by atoms with Crippen molar-refractivity contribution in [1.82, 2.24) is 9.13 Å². The molecule has 0 bridgehead atoms. The van der Waals surface area contributed by atoms with Crippen LogP contribution in [0.4, 0.5) is 0 Å². The van der Waals surface area contributed by atoms with Gasteiger partial charge in [0.15, 0.2) is 0 Å². The number of para-hydroxylation sites is 2. The Morgan fingerprint density at radius 1 is 0.392 bits per heavy atom. The van der Waals surface area contributed by atoms with Gasteiger partial charge in [0.05, 0.1) is 27.5 Å². The summed E-state index contributed by atoms with van der Waals surface area (Å²) in [6, 6.07) is 76.2. The van der Waals surface area contributed by atoms with E-state index in [0.29, 0.717) is 0 Å². The SMILES string of the molecule is C=C1/C(=C\C=C/C)C2(c3ccccc31)c1cc3c(cc1-c1cc4c5ccc6ccccc6c5n(-c5ccc6oc7ccccc7c6c5)c4cc12)c1ccc2ccccc2c1n3-c1ccc2oc3ccccc3c2c1. The summed E-state index contributed by atoms with van der Waals surface area (Å²) in [6.45, 7) is 7.06. The van der Waals surface area contributed by atoms with Gasteiger partial charge in [0, 0.05) is 65.2 Å². The second kappa shape index (κ2) is 14.3. The van der Waals surface area contributed by atoms with Crippen LogP contribution in [0.25, 0.3) is 137 Å². The van der Waals surface area contributed by atoms with Crippen LogP contribution in [0.5, 0.6) is 0 Å². The van der Waals surface area contributed by atoms with E-state index >= 15 is 0 Å². The van der Waals surface area contributed by atoms with Gasteiger partial charge in [0.25, 0.3) is 0 Å². The molecule has 0 radical (unpaired) electrons. The van der Waals surface area contributed by atoms with Crippen LogP contribution in [0.2, 0.25) is 0 Å². The minimum Gasteiger partial charge on any atom is -0.456 e. The van der Waals surface area contributed by atoms with Gasteiger partial charge in [-0.15, -0.1) is 0 Å². The summed E-state index contributed by atoms with van der Waals surface area (Å²) in [5.41, 5.74) is 19.4. The van der Waals surface area contributed by atoms with Gasteiger partial charge in [-0.3, -0.25) is 0 Å². The van der Waals surface area contributed by atoms with E-state index in [1.807, 2.05) is 12.1 Å². The lowest BCUT2D eigenvalue weighted by Crippen LogP contribution is -2.26. The number of rotatable bonds is 3. The molecule has 0 saturated heterocycles. The van der Waals surface area contributed by atoms with Gasteiger partial charge in [-0.2, -0.15) is 0 Å². The fraction of sp³-hybridized carbons (Fsp3) is 0.0286. The van der Waals surface area contributed by atoms with Gasteiger partial charge in [0.1, 0.15) is 22.3 Å². The maximum Gasteiger partial charge on any atom is 0.135 e. The number of benzene rings is 11. The second-order valence-electron chi connectivity index (χ2n) is 20.3. The average Bonchev–Trinajstić information content (AvgIpc) is 4.29. The number of aromatic nitrogens is 2. The number of fused-ring (bicyclic) bond motifs is 23. The lowest BCUT2D eigenvalue weighted by molar-refractivity contribution is 0.668. The van der Waals surface area contributed by atoms with Gasteiger partial charge in [0.2, 0.25) is 0 Å². The quantitative estimate of drug-likeness (QED) is 0.177. The normalized spacial score (nSPS) is 14.7. The fourth-order valence-electron chi connectivity index (χ4n) is 13.7. The molecule has 4 nitrogen and oxygen atoms in total. The molecule has 0 amide bonds. The van der Waals surface area contributed by atoms with Crippen molar-refractivity contribution in [2.24, 2.45) is 0 Å². The van der Waals surface area contributed by atoms with Gasteiger partial charge < -0.3 is 18.0 Å². The van der Waals surface area contributed by atoms with Crippen LogP contribution >= 0.6 is 0 Å². The molecule has 2 aliphatic rings. The van der Waals surface area contributed by atoms with Crippen molar-refractivity contribution >= 4 is 115 Å². The minimum absolute atomic E-state index is 0.706. The number of hydrogen-bond acceptors (Lipinski definition) is 2. The molecule has 4 heteroatoms. The molecule has 0 unspecified atom stereocenters. The fourth-order valence-corrected chi connectivity index (χ4v) is 13.7. The first kappa shape index (κ1) is 40.0. The lowest BCUT2D eigenvalue weighted by atomic mass is 9.70. The topological polar surface area (TPSA) is 36.1 Å². The van der Waals surface area contributed by atoms with Crippen LogP contribution < -0.4 is 0 Å². The lowest BCUT2D eigenvalue weighted by Gasteiger charge is -2.31. The van der Waals surface area contributed by atoms with E-state index in [-0.39, 0.29) is 0 Å². The Hall–Kier alpha value is -9.64. The van der Waals surface area contributed by atoms with Crippen LogP contribution in [0.3, 0.4) is 0 Å². The van der Waals surface area contributed by atoms with Crippen molar-refractivity contribution in [2.75, 3.05) is 0 Å².